The fourth-order valence-electron chi connectivity index (χ4n) is 3.68. The second kappa shape index (κ2) is 7.56. The summed E-state index contributed by atoms with van der Waals surface area (Å²) in [5.74, 6) is -0.949. The Bertz CT molecular complexity index is 947. The first kappa shape index (κ1) is 18.4. The van der Waals surface area contributed by atoms with Crippen molar-refractivity contribution in [3.63, 3.8) is 0 Å². The zero-order chi connectivity index (χ0) is 19.7. The Hall–Kier alpha value is -2.99. The van der Waals surface area contributed by atoms with Gasteiger partial charge >= 0.3 is 0 Å². The van der Waals surface area contributed by atoms with Crippen LogP contribution in [0.5, 0.6) is 0 Å². The number of aryl methyl sites for hydroxylation is 1. The molecule has 0 saturated carbocycles. The summed E-state index contributed by atoms with van der Waals surface area (Å²) < 4.78 is 5.55. The topological polar surface area (TPSA) is 75.7 Å². The Morgan fingerprint density at radius 1 is 1.14 bits per heavy atom. The molecule has 1 fully saturated rings. The van der Waals surface area contributed by atoms with E-state index in [4.69, 9.17) is 4.74 Å². The summed E-state index contributed by atoms with van der Waals surface area (Å²) in [5, 5.41) is 2.87. The molecule has 2 aromatic carbocycles. The second-order valence-electron chi connectivity index (χ2n) is 7.23. The Labute approximate surface area is 163 Å². The lowest BCUT2D eigenvalue weighted by atomic mass is 10.0. The molecular formula is C22H22N2O4. The number of fused-ring (bicyclic) bond motifs is 1. The van der Waals surface area contributed by atoms with Crippen LogP contribution in [0.1, 0.15) is 55.0 Å². The van der Waals surface area contributed by atoms with Gasteiger partial charge in [-0.1, -0.05) is 24.3 Å². The predicted octanol–water partition coefficient (Wildman–Crippen LogP) is 2.70. The van der Waals surface area contributed by atoms with Crippen LogP contribution in [-0.2, 0) is 11.3 Å². The van der Waals surface area contributed by atoms with Gasteiger partial charge in [0.2, 0.25) is 0 Å². The SMILES string of the molecule is Cc1ccccc1CNC(=O)c1ccc2c(c1)C(=O)N(CC1CCCO1)C2=O. The molecule has 2 aliphatic heterocycles. The third-order valence-electron chi connectivity index (χ3n) is 5.34. The molecule has 0 radical (unpaired) electrons. The number of benzene rings is 2. The largest absolute Gasteiger partial charge is 0.376 e. The van der Waals surface area contributed by atoms with Gasteiger partial charge < -0.3 is 10.1 Å². The molecule has 28 heavy (non-hydrogen) atoms. The molecule has 2 aromatic rings. The van der Waals surface area contributed by atoms with Crippen LogP contribution in [0.3, 0.4) is 0 Å². The summed E-state index contributed by atoms with van der Waals surface area (Å²) in [4.78, 5) is 39.1. The standard InChI is InChI=1S/C22H22N2O4/c1-14-5-2-3-6-16(14)12-23-20(25)15-8-9-18-19(11-15)22(27)24(21(18)26)13-17-7-4-10-28-17/h2-3,5-6,8-9,11,17H,4,7,10,12-13H2,1H3,(H,23,25). The molecule has 1 saturated heterocycles. The summed E-state index contributed by atoms with van der Waals surface area (Å²) >= 11 is 0. The average molecular weight is 378 g/mol. The quantitative estimate of drug-likeness (QED) is 0.812. The van der Waals surface area contributed by atoms with Crippen LogP contribution < -0.4 is 5.32 Å². The average Bonchev–Trinajstić information content (AvgIpc) is 3.30. The third kappa shape index (κ3) is 3.43. The smallest absolute Gasteiger partial charge is 0.261 e. The van der Waals surface area contributed by atoms with E-state index in [0.717, 1.165) is 24.0 Å². The number of carbonyl (C=O) groups is 3. The van der Waals surface area contributed by atoms with Crippen LogP contribution in [0.4, 0.5) is 0 Å². The van der Waals surface area contributed by atoms with Crippen LogP contribution in [0.2, 0.25) is 0 Å². The molecule has 0 bridgehead atoms. The van der Waals surface area contributed by atoms with Crippen molar-refractivity contribution >= 4 is 17.7 Å². The van der Waals surface area contributed by atoms with Gasteiger partial charge in [-0.15, -0.1) is 0 Å². The Morgan fingerprint density at radius 2 is 1.93 bits per heavy atom. The Balaban J connectivity index is 1.48. The highest BCUT2D eigenvalue weighted by atomic mass is 16.5. The van der Waals surface area contributed by atoms with Crippen molar-refractivity contribution in [2.75, 3.05) is 13.2 Å². The molecule has 4 rings (SSSR count). The van der Waals surface area contributed by atoms with Gasteiger partial charge in [0.25, 0.3) is 17.7 Å². The van der Waals surface area contributed by atoms with E-state index in [2.05, 4.69) is 5.32 Å². The number of carbonyl (C=O) groups excluding carboxylic acids is 3. The minimum absolute atomic E-state index is 0.0981. The van der Waals surface area contributed by atoms with E-state index in [1.54, 1.807) is 12.1 Å². The van der Waals surface area contributed by atoms with Crippen molar-refractivity contribution in [2.24, 2.45) is 0 Å². The van der Waals surface area contributed by atoms with E-state index in [9.17, 15) is 14.4 Å². The molecule has 3 amide bonds. The molecule has 6 nitrogen and oxygen atoms in total. The van der Waals surface area contributed by atoms with E-state index >= 15 is 0 Å². The molecular weight excluding hydrogens is 356 g/mol. The molecule has 0 aromatic heterocycles. The number of hydrogen-bond donors (Lipinski definition) is 1. The number of nitrogens with one attached hydrogen (secondary N) is 1. The van der Waals surface area contributed by atoms with Crippen molar-refractivity contribution in [2.45, 2.75) is 32.4 Å². The Morgan fingerprint density at radius 3 is 2.68 bits per heavy atom. The Kier molecular flexibility index (Phi) is 4.96. The number of imide groups is 1. The van der Waals surface area contributed by atoms with Gasteiger partial charge in [-0.05, 0) is 49.1 Å². The number of ether oxygens (including phenoxy) is 1. The lowest BCUT2D eigenvalue weighted by Gasteiger charge is -2.17. The first-order valence-electron chi connectivity index (χ1n) is 9.49. The van der Waals surface area contributed by atoms with Gasteiger partial charge in [0.1, 0.15) is 0 Å². The van der Waals surface area contributed by atoms with Crippen molar-refractivity contribution in [3.8, 4) is 0 Å². The first-order chi connectivity index (χ1) is 13.5. The molecule has 1 atom stereocenters. The van der Waals surface area contributed by atoms with Gasteiger partial charge in [-0.25, -0.2) is 0 Å². The van der Waals surface area contributed by atoms with Crippen LogP contribution >= 0.6 is 0 Å². The molecule has 1 N–H and O–H groups in total. The van der Waals surface area contributed by atoms with Gasteiger partial charge in [0.15, 0.2) is 0 Å². The van der Waals surface area contributed by atoms with E-state index in [1.165, 1.54) is 11.0 Å². The minimum Gasteiger partial charge on any atom is -0.376 e. The minimum atomic E-state index is -0.357. The number of rotatable bonds is 5. The number of amides is 3. The second-order valence-corrected chi connectivity index (χ2v) is 7.23. The van der Waals surface area contributed by atoms with E-state index < -0.39 is 0 Å². The van der Waals surface area contributed by atoms with E-state index in [1.807, 2.05) is 31.2 Å². The fraction of sp³-hybridized carbons (Fsp3) is 0.318. The third-order valence-corrected chi connectivity index (χ3v) is 5.34. The summed E-state index contributed by atoms with van der Waals surface area (Å²) in [5.41, 5.74) is 3.13. The molecule has 2 aliphatic rings. The summed E-state index contributed by atoms with van der Waals surface area (Å²) in [6, 6.07) is 12.5. The molecule has 1 unspecified atom stereocenters. The maximum atomic E-state index is 12.7. The van der Waals surface area contributed by atoms with Crippen LogP contribution in [0.15, 0.2) is 42.5 Å². The number of nitrogens with zero attached hydrogens (tertiary/aromatic N) is 1. The summed E-state index contributed by atoms with van der Waals surface area (Å²) in [6.45, 7) is 3.32. The normalized spacial score (nSPS) is 18.5. The van der Waals surface area contributed by atoms with Gasteiger partial charge in [0.05, 0.1) is 23.8 Å². The molecule has 6 heteroatoms. The van der Waals surface area contributed by atoms with Crippen molar-refractivity contribution < 1.29 is 19.1 Å². The van der Waals surface area contributed by atoms with Gasteiger partial charge in [-0.3, -0.25) is 19.3 Å². The fourth-order valence-corrected chi connectivity index (χ4v) is 3.68. The van der Waals surface area contributed by atoms with Crippen LogP contribution in [0.25, 0.3) is 0 Å². The highest BCUT2D eigenvalue weighted by Gasteiger charge is 2.37. The first-order valence-corrected chi connectivity index (χ1v) is 9.49. The lowest BCUT2D eigenvalue weighted by molar-refractivity contribution is 0.0475. The van der Waals surface area contributed by atoms with Crippen molar-refractivity contribution in [1.29, 1.82) is 0 Å². The highest BCUT2D eigenvalue weighted by Crippen LogP contribution is 2.26. The van der Waals surface area contributed by atoms with Crippen molar-refractivity contribution in [1.82, 2.24) is 10.2 Å². The van der Waals surface area contributed by atoms with E-state index in [-0.39, 0.29) is 35.9 Å². The zero-order valence-electron chi connectivity index (χ0n) is 15.7. The van der Waals surface area contributed by atoms with Gasteiger partial charge in [-0.2, -0.15) is 0 Å². The summed E-state index contributed by atoms with van der Waals surface area (Å²) in [7, 11) is 0. The monoisotopic (exact) mass is 378 g/mol. The van der Waals surface area contributed by atoms with Gasteiger partial charge in [0, 0.05) is 18.7 Å². The van der Waals surface area contributed by atoms with Crippen LogP contribution in [0, 0.1) is 6.92 Å². The molecule has 0 spiro atoms. The summed E-state index contributed by atoms with van der Waals surface area (Å²) in [6.07, 6.45) is 1.69. The maximum absolute atomic E-state index is 12.7. The van der Waals surface area contributed by atoms with E-state index in [0.29, 0.717) is 24.3 Å². The molecule has 144 valence electrons. The maximum Gasteiger partial charge on any atom is 0.261 e. The zero-order valence-corrected chi connectivity index (χ0v) is 15.7. The molecule has 2 heterocycles. The van der Waals surface area contributed by atoms with Crippen LogP contribution in [-0.4, -0.2) is 41.9 Å². The van der Waals surface area contributed by atoms with Crippen molar-refractivity contribution in [3.05, 3.63) is 70.3 Å². The molecule has 0 aliphatic carbocycles. The lowest BCUT2D eigenvalue weighted by Crippen LogP contribution is -2.36. The highest BCUT2D eigenvalue weighted by molar-refractivity contribution is 6.22. The number of hydrogen-bond acceptors (Lipinski definition) is 4. The predicted molar refractivity (Wildman–Crippen MR) is 103 cm³/mol.